The number of guanidine groups is 1. The zero-order valence-corrected chi connectivity index (χ0v) is 14.7. The summed E-state index contributed by atoms with van der Waals surface area (Å²) in [5.74, 6) is 0.746. The lowest BCUT2D eigenvalue weighted by atomic mass is 10.2. The van der Waals surface area contributed by atoms with E-state index >= 15 is 0 Å². The van der Waals surface area contributed by atoms with Gasteiger partial charge in [0.2, 0.25) is 0 Å². The first kappa shape index (κ1) is 17.9. The highest BCUT2D eigenvalue weighted by atomic mass is 32.1. The first-order valence-electron chi connectivity index (χ1n) is 7.91. The molecule has 1 unspecified atom stereocenters. The predicted octanol–water partition coefficient (Wildman–Crippen LogP) is 3.86. The lowest BCUT2D eigenvalue weighted by Crippen LogP contribution is -2.39. The molecule has 0 fully saturated rings. The molecule has 0 aliphatic heterocycles. The molecule has 0 spiro atoms. The van der Waals surface area contributed by atoms with Crippen LogP contribution in [0.4, 0.5) is 5.69 Å². The van der Waals surface area contributed by atoms with Gasteiger partial charge in [-0.3, -0.25) is 10.1 Å². The van der Waals surface area contributed by atoms with Crippen LogP contribution in [0.2, 0.25) is 0 Å². The van der Waals surface area contributed by atoms with E-state index in [4.69, 9.17) is 0 Å². The predicted molar refractivity (Wildman–Crippen MR) is 98.4 cm³/mol. The monoisotopic (exact) mass is 346 g/mol. The minimum absolute atomic E-state index is 0.0940. The molecule has 6 nitrogen and oxygen atoms in total. The Labute approximate surface area is 145 Å². The number of rotatable bonds is 7. The lowest BCUT2D eigenvalue weighted by molar-refractivity contribution is -0.384. The van der Waals surface area contributed by atoms with Gasteiger partial charge < -0.3 is 10.6 Å². The molecule has 1 aromatic heterocycles. The highest BCUT2D eigenvalue weighted by molar-refractivity contribution is 7.10. The molecule has 1 atom stereocenters. The third kappa shape index (κ3) is 5.34. The van der Waals surface area contributed by atoms with Crippen LogP contribution in [0.25, 0.3) is 0 Å². The van der Waals surface area contributed by atoms with Gasteiger partial charge in [-0.2, -0.15) is 0 Å². The Bertz CT molecular complexity index is 668. The largest absolute Gasteiger partial charge is 0.356 e. The quantitative estimate of drug-likeness (QED) is 0.345. The summed E-state index contributed by atoms with van der Waals surface area (Å²) in [6.45, 7) is 5.50. The second-order valence-corrected chi connectivity index (χ2v) is 6.38. The minimum Gasteiger partial charge on any atom is -0.356 e. The molecule has 128 valence electrons. The smallest absolute Gasteiger partial charge is 0.269 e. The summed E-state index contributed by atoms with van der Waals surface area (Å²) in [6.07, 6.45) is 1.01. The van der Waals surface area contributed by atoms with Gasteiger partial charge in [-0.05, 0) is 30.4 Å². The van der Waals surface area contributed by atoms with Gasteiger partial charge in [-0.25, -0.2) is 4.99 Å². The molecule has 2 rings (SSSR count). The van der Waals surface area contributed by atoms with E-state index in [-0.39, 0.29) is 11.7 Å². The summed E-state index contributed by atoms with van der Waals surface area (Å²) in [6, 6.07) is 10.8. The number of nitro benzene ring substituents is 1. The summed E-state index contributed by atoms with van der Waals surface area (Å²) in [5, 5.41) is 19.4. The maximum atomic E-state index is 10.7. The van der Waals surface area contributed by atoms with Crippen LogP contribution in [0.15, 0.2) is 46.8 Å². The van der Waals surface area contributed by atoms with Crippen LogP contribution < -0.4 is 10.6 Å². The van der Waals surface area contributed by atoms with Crippen molar-refractivity contribution in [3.05, 3.63) is 62.3 Å². The molecule has 24 heavy (non-hydrogen) atoms. The fraction of sp³-hybridized carbons (Fsp3) is 0.353. The van der Waals surface area contributed by atoms with E-state index in [0.29, 0.717) is 6.54 Å². The Hall–Kier alpha value is -2.41. The van der Waals surface area contributed by atoms with Crippen molar-refractivity contribution in [1.29, 1.82) is 0 Å². The van der Waals surface area contributed by atoms with E-state index in [1.54, 1.807) is 23.5 Å². The average molecular weight is 346 g/mol. The second-order valence-electron chi connectivity index (χ2n) is 5.40. The molecule has 0 saturated carbocycles. The highest BCUT2D eigenvalue weighted by Crippen LogP contribution is 2.18. The van der Waals surface area contributed by atoms with Crippen LogP contribution in [0, 0.1) is 10.1 Å². The number of hydrogen-bond donors (Lipinski definition) is 2. The first-order chi connectivity index (χ1) is 11.6. The molecule has 1 aromatic carbocycles. The van der Waals surface area contributed by atoms with Crippen molar-refractivity contribution >= 4 is 23.0 Å². The Morgan fingerprint density at radius 1 is 1.33 bits per heavy atom. The number of nitrogens with one attached hydrogen (secondary N) is 2. The number of non-ortho nitro benzene ring substituents is 1. The van der Waals surface area contributed by atoms with Crippen molar-refractivity contribution in [2.75, 3.05) is 6.54 Å². The molecule has 0 radical (unpaired) electrons. The maximum Gasteiger partial charge on any atom is 0.269 e. The molecular weight excluding hydrogens is 324 g/mol. The number of aliphatic imine (C=N–C) groups is 1. The van der Waals surface area contributed by atoms with Gasteiger partial charge in [0.05, 0.1) is 17.5 Å². The Balaban J connectivity index is 2.02. The number of hydrogen-bond acceptors (Lipinski definition) is 4. The van der Waals surface area contributed by atoms with Gasteiger partial charge >= 0.3 is 0 Å². The molecule has 0 aliphatic rings. The van der Waals surface area contributed by atoms with Crippen LogP contribution >= 0.6 is 11.3 Å². The zero-order chi connectivity index (χ0) is 17.4. The van der Waals surface area contributed by atoms with Gasteiger partial charge in [0.1, 0.15) is 0 Å². The fourth-order valence-electron chi connectivity index (χ4n) is 2.10. The third-order valence-corrected chi connectivity index (χ3v) is 4.49. The van der Waals surface area contributed by atoms with E-state index in [2.05, 4.69) is 40.9 Å². The molecule has 1 heterocycles. The highest BCUT2D eigenvalue weighted by Gasteiger charge is 2.09. The standard InChI is InChI=1S/C17H22N4O2S/c1-3-10-18-17(20-13(2)16-5-4-11-24-16)19-12-14-6-8-15(9-7-14)21(22)23/h4-9,11,13H,3,10,12H2,1-2H3,(H2,18,19,20). The third-order valence-electron chi connectivity index (χ3n) is 3.43. The summed E-state index contributed by atoms with van der Waals surface area (Å²) in [7, 11) is 0. The fourth-order valence-corrected chi connectivity index (χ4v) is 2.84. The molecular formula is C17H22N4O2S. The molecule has 0 amide bonds. The number of thiophene rings is 1. The van der Waals surface area contributed by atoms with Crippen molar-refractivity contribution in [3.8, 4) is 0 Å². The van der Waals surface area contributed by atoms with Crippen molar-refractivity contribution in [2.45, 2.75) is 32.9 Å². The maximum absolute atomic E-state index is 10.7. The first-order valence-corrected chi connectivity index (χ1v) is 8.79. The summed E-state index contributed by atoms with van der Waals surface area (Å²) < 4.78 is 0. The lowest BCUT2D eigenvalue weighted by Gasteiger charge is -2.17. The van der Waals surface area contributed by atoms with E-state index < -0.39 is 4.92 Å². The summed E-state index contributed by atoms with van der Waals surface area (Å²) in [4.78, 5) is 16.1. The second kappa shape index (κ2) is 9.02. The van der Waals surface area contributed by atoms with Crippen LogP contribution in [-0.4, -0.2) is 17.4 Å². The number of benzene rings is 1. The molecule has 2 N–H and O–H groups in total. The van der Waals surface area contributed by atoms with Gasteiger partial charge in [-0.1, -0.05) is 25.1 Å². The van der Waals surface area contributed by atoms with Crippen LogP contribution in [0.1, 0.15) is 36.8 Å². The molecule has 7 heteroatoms. The van der Waals surface area contributed by atoms with Crippen molar-refractivity contribution in [1.82, 2.24) is 10.6 Å². The Kier molecular flexibility index (Phi) is 6.74. The Morgan fingerprint density at radius 2 is 2.08 bits per heavy atom. The van der Waals surface area contributed by atoms with Gasteiger partial charge in [0.15, 0.2) is 5.96 Å². The normalized spacial score (nSPS) is 12.7. The van der Waals surface area contributed by atoms with Crippen molar-refractivity contribution < 1.29 is 4.92 Å². The summed E-state index contributed by atoms with van der Waals surface area (Å²) in [5.41, 5.74) is 1.03. The molecule has 2 aromatic rings. The van der Waals surface area contributed by atoms with E-state index in [0.717, 1.165) is 24.5 Å². The summed E-state index contributed by atoms with van der Waals surface area (Å²) >= 11 is 1.71. The topological polar surface area (TPSA) is 79.6 Å². The minimum atomic E-state index is -0.397. The van der Waals surface area contributed by atoms with Crippen molar-refractivity contribution in [3.63, 3.8) is 0 Å². The van der Waals surface area contributed by atoms with E-state index in [9.17, 15) is 10.1 Å². The number of nitro groups is 1. The molecule has 0 bridgehead atoms. The van der Waals surface area contributed by atoms with Crippen molar-refractivity contribution in [2.24, 2.45) is 4.99 Å². The molecule has 0 aliphatic carbocycles. The van der Waals surface area contributed by atoms with Gasteiger partial charge in [-0.15, -0.1) is 11.3 Å². The van der Waals surface area contributed by atoms with Gasteiger partial charge in [0, 0.05) is 23.6 Å². The molecule has 0 saturated heterocycles. The van der Waals surface area contributed by atoms with Crippen LogP contribution in [-0.2, 0) is 6.54 Å². The van der Waals surface area contributed by atoms with Crippen LogP contribution in [0.5, 0.6) is 0 Å². The Morgan fingerprint density at radius 3 is 2.67 bits per heavy atom. The SMILES string of the molecule is CCCNC(=NCc1ccc([N+](=O)[O-])cc1)NC(C)c1cccs1. The zero-order valence-electron chi connectivity index (χ0n) is 13.9. The average Bonchev–Trinajstić information content (AvgIpc) is 3.12. The van der Waals surface area contributed by atoms with E-state index in [1.165, 1.54) is 17.0 Å². The van der Waals surface area contributed by atoms with Gasteiger partial charge in [0.25, 0.3) is 5.69 Å². The van der Waals surface area contributed by atoms with Crippen LogP contribution in [0.3, 0.4) is 0 Å². The van der Waals surface area contributed by atoms with E-state index in [1.807, 2.05) is 6.07 Å². The number of nitrogens with zero attached hydrogens (tertiary/aromatic N) is 2.